The van der Waals surface area contributed by atoms with Crippen molar-refractivity contribution in [2.45, 2.75) is 32.3 Å². The van der Waals surface area contributed by atoms with Crippen LogP contribution in [0.5, 0.6) is 11.5 Å². The van der Waals surface area contributed by atoms with Gasteiger partial charge in [-0.25, -0.2) is 0 Å². The smallest absolute Gasteiger partial charge is 0.306 e. The minimum Gasteiger partial charge on any atom is -0.493 e. The predicted octanol–water partition coefficient (Wildman–Crippen LogP) is 2.52. The van der Waals surface area contributed by atoms with Crippen LogP contribution in [0.15, 0.2) is 18.2 Å². The third kappa shape index (κ3) is 4.11. The first-order valence-corrected chi connectivity index (χ1v) is 7.25. The van der Waals surface area contributed by atoms with Crippen molar-refractivity contribution >= 4 is 5.97 Å². The molecule has 1 aromatic rings. The van der Waals surface area contributed by atoms with Crippen LogP contribution in [0.2, 0.25) is 0 Å². The average Bonchev–Trinajstić information content (AvgIpc) is 2.49. The van der Waals surface area contributed by atoms with E-state index in [2.05, 4.69) is 0 Å². The SMILES string of the molecule is COc1cccc(CC(C)C(=O)O)c1OC1CCOCC1. The number of benzene rings is 1. The predicted molar refractivity (Wildman–Crippen MR) is 78.0 cm³/mol. The summed E-state index contributed by atoms with van der Waals surface area (Å²) in [5.74, 6) is 0.0422. The van der Waals surface area contributed by atoms with Crippen molar-refractivity contribution in [2.24, 2.45) is 5.92 Å². The van der Waals surface area contributed by atoms with Gasteiger partial charge in [-0.2, -0.15) is 0 Å². The molecule has 0 saturated carbocycles. The zero-order valence-corrected chi connectivity index (χ0v) is 12.5. The van der Waals surface area contributed by atoms with Crippen molar-refractivity contribution in [3.05, 3.63) is 23.8 Å². The molecule has 0 aliphatic carbocycles. The number of methoxy groups -OCH3 is 1. The highest BCUT2D eigenvalue weighted by Gasteiger charge is 2.21. The summed E-state index contributed by atoms with van der Waals surface area (Å²) >= 11 is 0. The van der Waals surface area contributed by atoms with Gasteiger partial charge >= 0.3 is 5.97 Å². The number of aliphatic carboxylic acids is 1. The number of hydrogen-bond donors (Lipinski definition) is 1. The fourth-order valence-corrected chi connectivity index (χ4v) is 2.39. The van der Waals surface area contributed by atoms with Gasteiger partial charge in [0.25, 0.3) is 0 Å². The number of carbonyl (C=O) groups is 1. The normalized spacial score (nSPS) is 17.2. The third-order valence-corrected chi connectivity index (χ3v) is 3.68. The van der Waals surface area contributed by atoms with E-state index in [0.717, 1.165) is 18.4 Å². The van der Waals surface area contributed by atoms with Gasteiger partial charge in [-0.15, -0.1) is 0 Å². The van der Waals surface area contributed by atoms with Crippen molar-refractivity contribution in [1.29, 1.82) is 0 Å². The summed E-state index contributed by atoms with van der Waals surface area (Å²) in [6, 6.07) is 5.60. The number of carboxylic acid groups (broad SMARTS) is 1. The van der Waals surface area contributed by atoms with Crippen LogP contribution < -0.4 is 9.47 Å². The Hall–Kier alpha value is -1.75. The van der Waals surface area contributed by atoms with E-state index in [1.807, 2.05) is 18.2 Å². The summed E-state index contributed by atoms with van der Waals surface area (Å²) < 4.78 is 16.8. The number of rotatable bonds is 6. The van der Waals surface area contributed by atoms with E-state index < -0.39 is 11.9 Å². The molecule has 21 heavy (non-hydrogen) atoms. The van der Waals surface area contributed by atoms with E-state index in [-0.39, 0.29) is 6.10 Å². The second-order valence-corrected chi connectivity index (χ2v) is 5.32. The second kappa shape index (κ2) is 7.31. The van der Waals surface area contributed by atoms with Crippen LogP contribution in [-0.4, -0.2) is 37.5 Å². The van der Waals surface area contributed by atoms with Gasteiger partial charge in [0, 0.05) is 12.8 Å². The van der Waals surface area contributed by atoms with Crippen molar-refractivity contribution in [1.82, 2.24) is 0 Å². The van der Waals surface area contributed by atoms with Gasteiger partial charge in [0.15, 0.2) is 11.5 Å². The minimum absolute atomic E-state index is 0.0916. The lowest BCUT2D eigenvalue weighted by Crippen LogP contribution is -2.26. The monoisotopic (exact) mass is 294 g/mol. The molecule has 1 aliphatic rings. The zero-order valence-electron chi connectivity index (χ0n) is 12.5. The van der Waals surface area contributed by atoms with Crippen LogP contribution in [0, 0.1) is 5.92 Å². The van der Waals surface area contributed by atoms with E-state index in [0.29, 0.717) is 31.1 Å². The number of hydrogen-bond acceptors (Lipinski definition) is 4. The molecule has 1 unspecified atom stereocenters. The molecule has 1 N–H and O–H groups in total. The lowest BCUT2D eigenvalue weighted by Gasteiger charge is -2.26. The minimum atomic E-state index is -0.810. The molecule has 1 saturated heterocycles. The molecule has 1 heterocycles. The molecule has 5 nitrogen and oxygen atoms in total. The van der Waals surface area contributed by atoms with Gasteiger partial charge in [-0.3, -0.25) is 4.79 Å². The molecule has 0 aromatic heterocycles. The summed E-state index contributed by atoms with van der Waals surface area (Å²) in [5.41, 5.74) is 0.871. The largest absolute Gasteiger partial charge is 0.493 e. The van der Waals surface area contributed by atoms with Crippen LogP contribution in [-0.2, 0) is 16.0 Å². The number of para-hydroxylation sites is 1. The fraction of sp³-hybridized carbons (Fsp3) is 0.562. The molecule has 5 heteroatoms. The number of ether oxygens (including phenoxy) is 3. The lowest BCUT2D eigenvalue weighted by molar-refractivity contribution is -0.141. The maximum absolute atomic E-state index is 11.1. The molecule has 1 fully saturated rings. The lowest BCUT2D eigenvalue weighted by atomic mass is 10.00. The van der Waals surface area contributed by atoms with Crippen molar-refractivity contribution in [3.8, 4) is 11.5 Å². The molecule has 2 rings (SSSR count). The van der Waals surface area contributed by atoms with Gasteiger partial charge in [-0.05, 0) is 18.1 Å². The first-order chi connectivity index (χ1) is 10.1. The first-order valence-electron chi connectivity index (χ1n) is 7.25. The Labute approximate surface area is 124 Å². The Balaban J connectivity index is 2.20. The molecule has 1 atom stereocenters. The topological polar surface area (TPSA) is 65.0 Å². The summed E-state index contributed by atoms with van der Waals surface area (Å²) in [7, 11) is 1.59. The van der Waals surface area contributed by atoms with Gasteiger partial charge < -0.3 is 19.3 Å². The zero-order chi connectivity index (χ0) is 15.2. The Bertz CT molecular complexity index is 480. The van der Waals surface area contributed by atoms with E-state index in [4.69, 9.17) is 19.3 Å². The van der Waals surface area contributed by atoms with Crippen LogP contribution in [0.25, 0.3) is 0 Å². The molecular formula is C16H22O5. The Morgan fingerprint density at radius 1 is 1.43 bits per heavy atom. The quantitative estimate of drug-likeness (QED) is 0.873. The fourth-order valence-electron chi connectivity index (χ4n) is 2.39. The highest BCUT2D eigenvalue weighted by molar-refractivity contribution is 5.70. The molecular weight excluding hydrogens is 272 g/mol. The molecule has 1 aliphatic heterocycles. The second-order valence-electron chi connectivity index (χ2n) is 5.32. The van der Waals surface area contributed by atoms with Crippen LogP contribution in [0.4, 0.5) is 0 Å². The molecule has 0 radical (unpaired) electrons. The van der Waals surface area contributed by atoms with E-state index in [1.165, 1.54) is 0 Å². The summed E-state index contributed by atoms with van der Waals surface area (Å²) in [4.78, 5) is 11.1. The summed E-state index contributed by atoms with van der Waals surface area (Å²) in [5, 5.41) is 9.09. The first kappa shape index (κ1) is 15.6. The maximum Gasteiger partial charge on any atom is 0.306 e. The molecule has 1 aromatic carbocycles. The highest BCUT2D eigenvalue weighted by atomic mass is 16.5. The van der Waals surface area contributed by atoms with Crippen LogP contribution in [0.3, 0.4) is 0 Å². The van der Waals surface area contributed by atoms with E-state index in [1.54, 1.807) is 14.0 Å². The third-order valence-electron chi connectivity index (χ3n) is 3.68. The summed E-state index contributed by atoms with van der Waals surface area (Å²) in [6.45, 7) is 3.08. The molecule has 116 valence electrons. The Morgan fingerprint density at radius 2 is 2.14 bits per heavy atom. The Kier molecular flexibility index (Phi) is 5.44. The Morgan fingerprint density at radius 3 is 2.76 bits per heavy atom. The number of carboxylic acids is 1. The van der Waals surface area contributed by atoms with Crippen molar-refractivity contribution in [2.75, 3.05) is 20.3 Å². The van der Waals surface area contributed by atoms with E-state index >= 15 is 0 Å². The van der Waals surface area contributed by atoms with Crippen LogP contribution in [0.1, 0.15) is 25.3 Å². The molecule has 0 amide bonds. The average molecular weight is 294 g/mol. The molecule has 0 bridgehead atoms. The van der Waals surface area contributed by atoms with Gasteiger partial charge in [0.2, 0.25) is 0 Å². The highest BCUT2D eigenvalue weighted by Crippen LogP contribution is 2.34. The maximum atomic E-state index is 11.1. The van der Waals surface area contributed by atoms with Crippen molar-refractivity contribution < 1.29 is 24.1 Å². The van der Waals surface area contributed by atoms with Gasteiger partial charge in [0.1, 0.15) is 6.10 Å². The molecule has 0 spiro atoms. The van der Waals surface area contributed by atoms with Crippen molar-refractivity contribution in [3.63, 3.8) is 0 Å². The van der Waals surface area contributed by atoms with Gasteiger partial charge in [-0.1, -0.05) is 19.1 Å². The standard InChI is InChI=1S/C16H22O5/c1-11(16(17)18)10-12-4-3-5-14(19-2)15(12)21-13-6-8-20-9-7-13/h3-5,11,13H,6-10H2,1-2H3,(H,17,18). The summed E-state index contributed by atoms with van der Waals surface area (Å²) in [6.07, 6.45) is 2.19. The van der Waals surface area contributed by atoms with E-state index in [9.17, 15) is 4.79 Å². The van der Waals surface area contributed by atoms with Gasteiger partial charge in [0.05, 0.1) is 26.2 Å². The van der Waals surface area contributed by atoms with Crippen LogP contribution >= 0.6 is 0 Å².